The van der Waals surface area contributed by atoms with Crippen molar-refractivity contribution < 1.29 is 0 Å². The molecule has 0 aliphatic rings. The van der Waals surface area contributed by atoms with Gasteiger partial charge >= 0.3 is 0 Å². The van der Waals surface area contributed by atoms with Crippen LogP contribution in [-0.4, -0.2) is 9.97 Å². The molecule has 0 spiro atoms. The first kappa shape index (κ1) is 14.0. The zero-order valence-electron chi connectivity index (χ0n) is 10.7. The van der Waals surface area contributed by atoms with E-state index in [1.54, 1.807) is 0 Å². The second-order valence-corrected chi connectivity index (χ2v) is 5.74. The molecule has 98 valence electrons. The molecule has 0 aliphatic carbocycles. The number of aryl methyl sites for hydroxylation is 2. The van der Waals surface area contributed by atoms with Gasteiger partial charge in [-0.1, -0.05) is 28.1 Å². The van der Waals surface area contributed by atoms with Crippen molar-refractivity contribution in [2.24, 2.45) is 5.73 Å². The van der Waals surface area contributed by atoms with Crippen LogP contribution in [0.2, 0.25) is 0 Å². The van der Waals surface area contributed by atoms with E-state index in [9.17, 15) is 0 Å². The first-order chi connectivity index (χ1) is 8.94. The molecule has 1 heterocycles. The number of aromatic nitrogens is 1. The third-order valence-corrected chi connectivity index (χ3v) is 3.25. The molecule has 2 aromatic rings. The van der Waals surface area contributed by atoms with Crippen molar-refractivity contribution in [3.8, 4) is 0 Å². The molecule has 5 heteroatoms. The first-order valence-electron chi connectivity index (χ1n) is 5.77. The Kier molecular flexibility index (Phi) is 4.17. The minimum absolute atomic E-state index is 0.374. The van der Waals surface area contributed by atoms with E-state index in [1.165, 1.54) is 5.56 Å². The van der Waals surface area contributed by atoms with E-state index < -0.39 is 0 Å². The Balaban J connectivity index is 2.35. The van der Waals surface area contributed by atoms with E-state index >= 15 is 0 Å². The van der Waals surface area contributed by atoms with E-state index in [0.717, 1.165) is 27.2 Å². The largest absolute Gasteiger partial charge is 0.389 e. The van der Waals surface area contributed by atoms with Gasteiger partial charge in [0.05, 0.1) is 0 Å². The van der Waals surface area contributed by atoms with Gasteiger partial charge in [0.2, 0.25) is 0 Å². The summed E-state index contributed by atoms with van der Waals surface area (Å²) in [4.78, 5) is 4.80. The molecule has 1 aromatic heterocycles. The van der Waals surface area contributed by atoms with Crippen LogP contribution in [0.25, 0.3) is 0 Å². The summed E-state index contributed by atoms with van der Waals surface area (Å²) in [5.74, 6) is 0.736. The van der Waals surface area contributed by atoms with Gasteiger partial charge in [0.25, 0.3) is 0 Å². The second-order valence-electron chi connectivity index (χ2n) is 4.39. The number of anilines is 2. The molecule has 0 amide bonds. The number of nitrogens with one attached hydrogen (secondary N) is 1. The predicted octanol–water partition coefficient (Wildman–Crippen LogP) is 3.84. The minimum Gasteiger partial charge on any atom is -0.389 e. The molecule has 3 N–H and O–H groups in total. The number of rotatable bonds is 3. The molecule has 0 unspecified atom stereocenters. The fourth-order valence-corrected chi connectivity index (χ4v) is 2.56. The van der Waals surface area contributed by atoms with Gasteiger partial charge in [-0.3, -0.25) is 0 Å². The van der Waals surface area contributed by atoms with Crippen LogP contribution in [0.4, 0.5) is 11.5 Å². The summed E-state index contributed by atoms with van der Waals surface area (Å²) in [7, 11) is 0. The molecule has 0 saturated carbocycles. The van der Waals surface area contributed by atoms with Gasteiger partial charge in [-0.2, -0.15) is 0 Å². The maximum Gasteiger partial charge on any atom is 0.131 e. The first-order valence-corrected chi connectivity index (χ1v) is 6.97. The Morgan fingerprint density at radius 1 is 1.21 bits per heavy atom. The van der Waals surface area contributed by atoms with Crippen LogP contribution in [0.3, 0.4) is 0 Å². The zero-order valence-corrected chi connectivity index (χ0v) is 13.1. The molecule has 0 aliphatic heterocycles. The van der Waals surface area contributed by atoms with E-state index in [4.69, 9.17) is 18.0 Å². The molecule has 0 fully saturated rings. The summed E-state index contributed by atoms with van der Waals surface area (Å²) >= 11 is 8.48. The van der Waals surface area contributed by atoms with Crippen LogP contribution in [0, 0.1) is 13.8 Å². The molecule has 2 rings (SSSR count). The standard InChI is InChI=1S/C14H14BrN3S/c1-8-3-11(15)7-12(4-8)18-13-6-10(14(16)19)5-9(2)17-13/h3-7H,1-2H3,(H2,16,19)(H,17,18). The van der Waals surface area contributed by atoms with Crippen molar-refractivity contribution in [2.75, 3.05) is 5.32 Å². The lowest BCUT2D eigenvalue weighted by molar-refractivity contribution is 1.19. The highest BCUT2D eigenvalue weighted by Gasteiger charge is 2.04. The Labute approximate surface area is 126 Å². The lowest BCUT2D eigenvalue weighted by Crippen LogP contribution is -2.10. The topological polar surface area (TPSA) is 50.9 Å². The molecule has 0 radical (unpaired) electrons. The fraction of sp³-hybridized carbons (Fsp3) is 0.143. The molecular weight excluding hydrogens is 322 g/mol. The van der Waals surface area contributed by atoms with Gasteiger partial charge in [0.1, 0.15) is 10.8 Å². The number of pyridine rings is 1. The minimum atomic E-state index is 0.374. The van der Waals surface area contributed by atoms with Crippen LogP contribution in [0.1, 0.15) is 16.8 Å². The van der Waals surface area contributed by atoms with E-state index in [-0.39, 0.29) is 0 Å². The number of halogens is 1. The Morgan fingerprint density at radius 3 is 2.58 bits per heavy atom. The highest BCUT2D eigenvalue weighted by molar-refractivity contribution is 9.10. The Bertz CT molecular complexity index is 620. The number of nitrogens with two attached hydrogens (primary N) is 1. The summed E-state index contributed by atoms with van der Waals surface area (Å²) in [6, 6.07) is 9.83. The van der Waals surface area contributed by atoms with Crippen molar-refractivity contribution in [3.05, 3.63) is 51.6 Å². The summed E-state index contributed by atoms with van der Waals surface area (Å²) in [6.45, 7) is 3.96. The van der Waals surface area contributed by atoms with Gasteiger partial charge in [-0.25, -0.2) is 4.98 Å². The smallest absolute Gasteiger partial charge is 0.131 e. The maximum absolute atomic E-state index is 5.66. The lowest BCUT2D eigenvalue weighted by Gasteiger charge is -2.10. The van der Waals surface area contributed by atoms with Crippen molar-refractivity contribution in [3.63, 3.8) is 0 Å². The molecule has 0 atom stereocenters. The van der Waals surface area contributed by atoms with Crippen molar-refractivity contribution >= 4 is 44.6 Å². The molecule has 19 heavy (non-hydrogen) atoms. The third kappa shape index (κ3) is 3.75. The van der Waals surface area contributed by atoms with Crippen molar-refractivity contribution in [1.82, 2.24) is 4.98 Å². The summed E-state index contributed by atoms with van der Waals surface area (Å²) in [5.41, 5.74) is 9.49. The Morgan fingerprint density at radius 2 is 1.95 bits per heavy atom. The average molecular weight is 336 g/mol. The summed E-state index contributed by atoms with van der Waals surface area (Å²) < 4.78 is 1.03. The van der Waals surface area contributed by atoms with Gasteiger partial charge in [0, 0.05) is 21.4 Å². The Hall–Kier alpha value is -1.46. The van der Waals surface area contributed by atoms with Crippen LogP contribution in [0.5, 0.6) is 0 Å². The highest BCUT2D eigenvalue weighted by atomic mass is 79.9. The van der Waals surface area contributed by atoms with Crippen LogP contribution in [-0.2, 0) is 0 Å². The maximum atomic E-state index is 5.66. The van der Waals surface area contributed by atoms with Crippen LogP contribution >= 0.6 is 28.1 Å². The van der Waals surface area contributed by atoms with E-state index in [1.807, 2.05) is 32.0 Å². The van der Waals surface area contributed by atoms with Gasteiger partial charge < -0.3 is 11.1 Å². The number of hydrogen-bond acceptors (Lipinski definition) is 3. The van der Waals surface area contributed by atoms with Gasteiger partial charge in [0.15, 0.2) is 0 Å². The second kappa shape index (κ2) is 5.67. The molecule has 3 nitrogen and oxygen atoms in total. The zero-order chi connectivity index (χ0) is 14.0. The quantitative estimate of drug-likeness (QED) is 0.836. The van der Waals surface area contributed by atoms with Gasteiger partial charge in [-0.15, -0.1) is 0 Å². The van der Waals surface area contributed by atoms with Gasteiger partial charge in [-0.05, 0) is 49.7 Å². The number of nitrogens with zero attached hydrogens (tertiary/aromatic N) is 1. The van der Waals surface area contributed by atoms with Crippen molar-refractivity contribution in [1.29, 1.82) is 0 Å². The third-order valence-electron chi connectivity index (χ3n) is 2.55. The van der Waals surface area contributed by atoms with Crippen molar-refractivity contribution in [2.45, 2.75) is 13.8 Å². The van der Waals surface area contributed by atoms with Crippen LogP contribution in [0.15, 0.2) is 34.8 Å². The molecular formula is C14H14BrN3S. The van der Waals surface area contributed by atoms with E-state index in [2.05, 4.69) is 38.4 Å². The summed E-state index contributed by atoms with van der Waals surface area (Å²) in [6.07, 6.45) is 0. The SMILES string of the molecule is Cc1cc(Br)cc(Nc2cc(C(N)=S)cc(C)n2)c1. The average Bonchev–Trinajstić information content (AvgIpc) is 2.26. The normalized spacial score (nSPS) is 10.3. The molecule has 0 bridgehead atoms. The lowest BCUT2D eigenvalue weighted by atomic mass is 10.2. The predicted molar refractivity (Wildman–Crippen MR) is 87.0 cm³/mol. The summed E-state index contributed by atoms with van der Waals surface area (Å²) in [5, 5.41) is 3.27. The number of hydrogen-bond donors (Lipinski definition) is 2. The molecule has 1 aromatic carbocycles. The fourth-order valence-electron chi connectivity index (χ4n) is 1.83. The molecule has 0 saturated heterocycles. The monoisotopic (exact) mass is 335 g/mol. The highest BCUT2D eigenvalue weighted by Crippen LogP contribution is 2.22. The van der Waals surface area contributed by atoms with E-state index in [0.29, 0.717) is 4.99 Å². The van der Waals surface area contributed by atoms with Crippen LogP contribution < -0.4 is 11.1 Å². The number of benzene rings is 1. The number of thiocarbonyl (C=S) groups is 1.